The number of anilines is 1. The van der Waals surface area contributed by atoms with Gasteiger partial charge < -0.3 is 15.7 Å². The van der Waals surface area contributed by atoms with Gasteiger partial charge >= 0.3 is 6.03 Å². The van der Waals surface area contributed by atoms with Crippen molar-refractivity contribution in [2.75, 3.05) is 5.32 Å². The molecular weight excluding hydrogens is 370 g/mol. The van der Waals surface area contributed by atoms with Gasteiger partial charge in [0, 0.05) is 11.1 Å². The van der Waals surface area contributed by atoms with E-state index in [9.17, 15) is 19.5 Å². The molecule has 2 aromatic carbocycles. The molecule has 1 fully saturated rings. The van der Waals surface area contributed by atoms with Crippen LogP contribution in [-0.2, 0) is 9.59 Å². The second-order valence-corrected chi connectivity index (χ2v) is 8.42. The Hall–Kier alpha value is -3.19. The number of aliphatic hydroxyl groups excluding tert-OH is 1. The summed E-state index contributed by atoms with van der Waals surface area (Å²) in [6.45, 7) is 7.03. The molecule has 7 nitrogen and oxygen atoms in total. The maximum Gasteiger partial charge on any atom is 0.322 e. The smallest absolute Gasteiger partial charge is 0.322 e. The monoisotopic (exact) mass is 395 g/mol. The first-order chi connectivity index (χ1) is 13.5. The van der Waals surface area contributed by atoms with Gasteiger partial charge in [-0.3, -0.25) is 14.9 Å². The van der Waals surface area contributed by atoms with Crippen molar-refractivity contribution in [2.24, 2.45) is 5.41 Å². The third-order valence-corrected chi connectivity index (χ3v) is 4.98. The van der Waals surface area contributed by atoms with E-state index in [0.717, 1.165) is 11.1 Å². The number of imide groups is 1. The lowest BCUT2D eigenvalue weighted by Gasteiger charge is -2.27. The summed E-state index contributed by atoms with van der Waals surface area (Å²) in [5.74, 6) is -0.639. The summed E-state index contributed by atoms with van der Waals surface area (Å²) in [7, 11) is 0. The number of nitrogens with one attached hydrogen (secondary N) is 3. The van der Waals surface area contributed by atoms with E-state index >= 15 is 0 Å². The fourth-order valence-electron chi connectivity index (χ4n) is 3.04. The van der Waals surface area contributed by atoms with Crippen LogP contribution in [0.4, 0.5) is 10.5 Å². The Kier molecular flexibility index (Phi) is 5.19. The number of benzene rings is 2. The first kappa shape index (κ1) is 20.5. The summed E-state index contributed by atoms with van der Waals surface area (Å²) in [5.41, 5.74) is 1.07. The fraction of sp³-hybridized carbons (Fsp3) is 0.318. The fourth-order valence-corrected chi connectivity index (χ4v) is 3.04. The predicted molar refractivity (Wildman–Crippen MR) is 110 cm³/mol. The van der Waals surface area contributed by atoms with Crippen LogP contribution < -0.4 is 16.0 Å². The minimum absolute atomic E-state index is 0.0711. The molecule has 0 bridgehead atoms. The van der Waals surface area contributed by atoms with E-state index in [1.165, 1.54) is 6.92 Å². The molecule has 2 aromatic rings. The molecule has 2 atom stereocenters. The molecule has 1 saturated heterocycles. The van der Waals surface area contributed by atoms with Gasteiger partial charge in [0.1, 0.15) is 11.6 Å². The Morgan fingerprint density at radius 3 is 2.28 bits per heavy atom. The second-order valence-electron chi connectivity index (χ2n) is 8.42. The quantitative estimate of drug-likeness (QED) is 0.597. The van der Waals surface area contributed by atoms with Crippen LogP contribution in [0, 0.1) is 5.41 Å². The molecule has 1 aliphatic heterocycles. The lowest BCUT2D eigenvalue weighted by molar-refractivity contribution is -0.127. The molecule has 4 amide bonds. The Bertz CT molecular complexity index is 963. The second kappa shape index (κ2) is 7.33. The van der Waals surface area contributed by atoms with Crippen molar-refractivity contribution in [1.82, 2.24) is 10.6 Å². The van der Waals surface area contributed by atoms with Gasteiger partial charge in [-0.05, 0) is 35.7 Å². The highest BCUT2D eigenvalue weighted by Gasteiger charge is 2.48. The van der Waals surface area contributed by atoms with E-state index in [4.69, 9.17) is 0 Å². The molecule has 1 heterocycles. The number of hydrogen-bond acceptors (Lipinski definition) is 4. The van der Waals surface area contributed by atoms with E-state index in [-0.39, 0.29) is 5.91 Å². The molecule has 4 N–H and O–H groups in total. The van der Waals surface area contributed by atoms with Crippen LogP contribution in [0.2, 0.25) is 0 Å². The minimum Gasteiger partial charge on any atom is -0.385 e. The maximum absolute atomic E-state index is 12.2. The van der Waals surface area contributed by atoms with E-state index in [0.29, 0.717) is 11.3 Å². The highest BCUT2D eigenvalue weighted by Crippen LogP contribution is 2.31. The Morgan fingerprint density at radius 2 is 1.72 bits per heavy atom. The number of hydrogen-bond donors (Lipinski definition) is 4. The number of aliphatic hydroxyl groups is 1. The van der Waals surface area contributed by atoms with Crippen molar-refractivity contribution in [3.63, 3.8) is 0 Å². The SMILES string of the molecule is CC(C)(C)C(=O)Nc1cccc(-c2ccc(C(O)C3(C)NC(=O)NC3=O)cc2)c1. The number of carbonyl (C=O) groups excluding carboxylic acids is 3. The molecule has 0 aromatic heterocycles. The zero-order valence-electron chi connectivity index (χ0n) is 16.9. The summed E-state index contributed by atoms with van der Waals surface area (Å²) in [4.78, 5) is 35.7. The summed E-state index contributed by atoms with van der Waals surface area (Å²) < 4.78 is 0. The van der Waals surface area contributed by atoms with E-state index in [2.05, 4.69) is 16.0 Å². The first-order valence-corrected chi connectivity index (χ1v) is 9.34. The van der Waals surface area contributed by atoms with Crippen LogP contribution in [0.5, 0.6) is 0 Å². The Morgan fingerprint density at radius 1 is 1.07 bits per heavy atom. The lowest BCUT2D eigenvalue weighted by Crippen LogP contribution is -2.49. The normalized spacial score (nSPS) is 20.0. The van der Waals surface area contributed by atoms with E-state index in [1.54, 1.807) is 12.1 Å². The van der Waals surface area contributed by atoms with Crippen LogP contribution in [0.1, 0.15) is 39.4 Å². The average molecular weight is 395 g/mol. The van der Waals surface area contributed by atoms with E-state index in [1.807, 2.05) is 57.2 Å². The lowest BCUT2D eigenvalue weighted by atomic mass is 9.88. The molecule has 152 valence electrons. The van der Waals surface area contributed by atoms with Crippen molar-refractivity contribution in [1.29, 1.82) is 0 Å². The highest BCUT2D eigenvalue weighted by molar-refractivity contribution is 6.07. The number of amides is 4. The van der Waals surface area contributed by atoms with E-state index < -0.39 is 29.0 Å². The number of urea groups is 1. The minimum atomic E-state index is -1.42. The summed E-state index contributed by atoms with van der Waals surface area (Å²) >= 11 is 0. The molecule has 0 radical (unpaired) electrons. The average Bonchev–Trinajstić information content (AvgIpc) is 2.93. The number of rotatable bonds is 4. The molecule has 7 heteroatoms. The van der Waals surface area contributed by atoms with Gasteiger partial charge in [0.25, 0.3) is 5.91 Å². The molecule has 29 heavy (non-hydrogen) atoms. The third kappa shape index (κ3) is 4.14. The molecule has 2 unspecified atom stereocenters. The Labute approximate surface area is 169 Å². The van der Waals surface area contributed by atoms with Crippen molar-refractivity contribution in [2.45, 2.75) is 39.3 Å². The van der Waals surface area contributed by atoms with Gasteiger partial charge in [0.15, 0.2) is 0 Å². The summed E-state index contributed by atoms with van der Waals surface area (Å²) in [6.07, 6.45) is -1.19. The van der Waals surface area contributed by atoms with Gasteiger partial charge in [-0.25, -0.2) is 4.79 Å². The summed E-state index contributed by atoms with van der Waals surface area (Å²) in [6, 6.07) is 13.9. The van der Waals surface area contributed by atoms with Gasteiger partial charge in [-0.15, -0.1) is 0 Å². The molecule has 0 aliphatic carbocycles. The molecule has 3 rings (SSSR count). The molecule has 0 spiro atoms. The van der Waals surface area contributed by atoms with Crippen LogP contribution in [-0.4, -0.2) is 28.5 Å². The molecular formula is C22H25N3O4. The van der Waals surface area contributed by atoms with Crippen LogP contribution in [0.15, 0.2) is 48.5 Å². The van der Waals surface area contributed by atoms with Crippen LogP contribution in [0.3, 0.4) is 0 Å². The van der Waals surface area contributed by atoms with Gasteiger partial charge in [0.05, 0.1) is 0 Å². The highest BCUT2D eigenvalue weighted by atomic mass is 16.3. The van der Waals surface area contributed by atoms with Crippen LogP contribution in [0.25, 0.3) is 11.1 Å². The third-order valence-electron chi connectivity index (χ3n) is 4.98. The standard InChI is InChI=1S/C22H25N3O4/c1-21(2,3)18(27)23-16-7-5-6-15(12-16)13-8-10-14(11-9-13)17(26)22(4)19(28)24-20(29)25-22/h5-12,17,26H,1-4H3,(H,23,27)(H2,24,25,28,29). The zero-order chi connectivity index (χ0) is 21.4. The maximum atomic E-state index is 12.2. The predicted octanol–water partition coefficient (Wildman–Crippen LogP) is 2.97. The molecule has 1 aliphatic rings. The van der Waals surface area contributed by atoms with Gasteiger partial charge in [0.2, 0.25) is 5.91 Å². The zero-order valence-corrected chi connectivity index (χ0v) is 16.9. The largest absolute Gasteiger partial charge is 0.385 e. The topological polar surface area (TPSA) is 108 Å². The molecule has 0 saturated carbocycles. The van der Waals surface area contributed by atoms with Gasteiger partial charge in [-0.1, -0.05) is 57.2 Å². The van der Waals surface area contributed by atoms with Crippen LogP contribution >= 0.6 is 0 Å². The Balaban J connectivity index is 1.80. The number of carbonyl (C=O) groups is 3. The van der Waals surface area contributed by atoms with Crippen molar-refractivity contribution in [3.8, 4) is 11.1 Å². The van der Waals surface area contributed by atoms with Crippen molar-refractivity contribution < 1.29 is 19.5 Å². The van der Waals surface area contributed by atoms with Crippen molar-refractivity contribution in [3.05, 3.63) is 54.1 Å². The summed E-state index contributed by atoms with van der Waals surface area (Å²) in [5, 5.41) is 18.2. The van der Waals surface area contributed by atoms with Crippen molar-refractivity contribution >= 4 is 23.5 Å². The first-order valence-electron chi connectivity index (χ1n) is 9.34. The van der Waals surface area contributed by atoms with Gasteiger partial charge in [-0.2, -0.15) is 0 Å².